The molecule has 2 nitrogen and oxygen atoms in total. The molecule has 0 spiro atoms. The zero-order valence-electron chi connectivity index (χ0n) is 6.72. The molecule has 0 unspecified atom stereocenters. The van der Waals surface area contributed by atoms with E-state index in [1.54, 1.807) is 0 Å². The molecule has 0 amide bonds. The molecule has 0 bridgehead atoms. The van der Waals surface area contributed by atoms with Crippen LogP contribution in [0.2, 0.25) is 0 Å². The van der Waals surface area contributed by atoms with Crippen LogP contribution < -0.4 is 0 Å². The predicted molar refractivity (Wildman–Crippen MR) is 52.4 cm³/mol. The van der Waals surface area contributed by atoms with Crippen molar-refractivity contribution in [3.8, 4) is 0 Å². The van der Waals surface area contributed by atoms with Gasteiger partial charge in [0.15, 0.2) is 11.6 Å². The number of carbonyl (C=O) groups is 1. The molecule has 1 N–H and O–H groups in total. The fraction of sp³-hybridized carbons (Fsp3) is 0.125. The van der Waals surface area contributed by atoms with Crippen LogP contribution in [0.3, 0.4) is 0 Å². The second kappa shape index (κ2) is 5.85. The number of carboxylic acid groups (broad SMARTS) is 1. The Morgan fingerprint density at radius 1 is 1.38 bits per heavy atom. The van der Waals surface area contributed by atoms with Gasteiger partial charge in [0.1, 0.15) is 0 Å². The van der Waals surface area contributed by atoms with Gasteiger partial charge >= 0.3 is 0 Å². The van der Waals surface area contributed by atoms with Gasteiger partial charge in [0, 0.05) is 10.5 Å². The van der Waals surface area contributed by atoms with Crippen molar-refractivity contribution >= 4 is 28.6 Å². The standard InChI is InChI=1S/C6H3F2I.C2H4O2/c7-5-2-1-4(9)3-6(5)8;1-2(3)4/h1-3H;1H3,(H,3,4). The number of aliphatic carboxylic acids is 1. The molecule has 5 heteroatoms. The molecule has 0 aliphatic rings. The Labute approximate surface area is 87.7 Å². The number of halogens is 3. The van der Waals surface area contributed by atoms with Crippen molar-refractivity contribution in [3.05, 3.63) is 33.4 Å². The van der Waals surface area contributed by atoms with Crippen LogP contribution in [0.4, 0.5) is 8.78 Å². The summed E-state index contributed by atoms with van der Waals surface area (Å²) < 4.78 is 25.0. The fourth-order valence-corrected chi connectivity index (χ4v) is 0.924. The third kappa shape index (κ3) is 6.44. The molecule has 0 aliphatic carbocycles. The first-order valence-corrected chi connectivity index (χ1v) is 4.31. The Morgan fingerprint density at radius 3 is 2.15 bits per heavy atom. The quantitative estimate of drug-likeness (QED) is 0.591. The van der Waals surface area contributed by atoms with E-state index in [1.807, 2.05) is 22.6 Å². The Hall–Kier alpha value is -0.720. The first kappa shape index (κ1) is 12.3. The van der Waals surface area contributed by atoms with Gasteiger partial charge in [0.2, 0.25) is 0 Å². The molecule has 0 aromatic heterocycles. The van der Waals surface area contributed by atoms with E-state index in [4.69, 9.17) is 9.90 Å². The van der Waals surface area contributed by atoms with Gasteiger partial charge in [-0.05, 0) is 40.8 Å². The minimum atomic E-state index is -0.833. The summed E-state index contributed by atoms with van der Waals surface area (Å²) in [4.78, 5) is 9.00. The van der Waals surface area contributed by atoms with Crippen LogP contribution in [0.1, 0.15) is 6.92 Å². The summed E-state index contributed by atoms with van der Waals surface area (Å²) in [5.41, 5.74) is 0. The van der Waals surface area contributed by atoms with Crippen LogP contribution in [0.5, 0.6) is 0 Å². The van der Waals surface area contributed by atoms with E-state index in [-0.39, 0.29) is 0 Å². The molecule has 0 radical (unpaired) electrons. The van der Waals surface area contributed by atoms with Crippen molar-refractivity contribution in [1.29, 1.82) is 0 Å². The maximum absolute atomic E-state index is 12.2. The normalized spacial score (nSPS) is 8.62. The lowest BCUT2D eigenvalue weighted by molar-refractivity contribution is -0.134. The summed E-state index contributed by atoms with van der Waals surface area (Å²) in [6, 6.07) is 3.77. The van der Waals surface area contributed by atoms with Gasteiger partial charge in [-0.1, -0.05) is 0 Å². The van der Waals surface area contributed by atoms with Gasteiger partial charge < -0.3 is 5.11 Å². The molecule has 0 saturated heterocycles. The van der Waals surface area contributed by atoms with Crippen molar-refractivity contribution in [2.75, 3.05) is 0 Å². The molecule has 0 fully saturated rings. The SMILES string of the molecule is CC(=O)O.Fc1ccc(I)cc1F. The summed E-state index contributed by atoms with van der Waals surface area (Å²) in [6.45, 7) is 1.08. The molecule has 1 aromatic rings. The van der Waals surface area contributed by atoms with E-state index in [0.717, 1.165) is 19.1 Å². The first-order chi connectivity index (χ1) is 5.93. The van der Waals surface area contributed by atoms with E-state index < -0.39 is 17.6 Å². The largest absolute Gasteiger partial charge is 0.481 e. The molecule has 0 aliphatic heterocycles. The number of hydrogen-bond donors (Lipinski definition) is 1. The zero-order valence-corrected chi connectivity index (χ0v) is 8.88. The molecular weight excluding hydrogens is 293 g/mol. The third-order valence-electron chi connectivity index (χ3n) is 0.882. The van der Waals surface area contributed by atoms with Gasteiger partial charge in [-0.25, -0.2) is 8.78 Å². The van der Waals surface area contributed by atoms with Crippen molar-refractivity contribution in [2.45, 2.75) is 6.92 Å². The maximum atomic E-state index is 12.2. The molecular formula is C8H7F2IO2. The minimum Gasteiger partial charge on any atom is -0.481 e. The second-order valence-corrected chi connectivity index (χ2v) is 3.32. The number of hydrogen-bond acceptors (Lipinski definition) is 1. The van der Waals surface area contributed by atoms with Crippen LogP contribution in [-0.4, -0.2) is 11.1 Å². The van der Waals surface area contributed by atoms with Crippen LogP contribution in [-0.2, 0) is 4.79 Å². The van der Waals surface area contributed by atoms with E-state index in [0.29, 0.717) is 3.57 Å². The van der Waals surface area contributed by atoms with Crippen LogP contribution in [0.15, 0.2) is 18.2 Å². The van der Waals surface area contributed by atoms with E-state index >= 15 is 0 Å². The van der Waals surface area contributed by atoms with Gasteiger partial charge in [-0.15, -0.1) is 0 Å². The minimum absolute atomic E-state index is 0.700. The van der Waals surface area contributed by atoms with Crippen LogP contribution in [0.25, 0.3) is 0 Å². The summed E-state index contributed by atoms with van der Waals surface area (Å²) in [5.74, 6) is -2.42. The monoisotopic (exact) mass is 300 g/mol. The van der Waals surface area contributed by atoms with Gasteiger partial charge in [-0.3, -0.25) is 4.79 Å². The van der Waals surface area contributed by atoms with Gasteiger partial charge in [-0.2, -0.15) is 0 Å². The summed E-state index contributed by atoms with van der Waals surface area (Å²) in [6.07, 6.45) is 0. The topological polar surface area (TPSA) is 37.3 Å². The molecule has 13 heavy (non-hydrogen) atoms. The highest BCUT2D eigenvalue weighted by Gasteiger charge is 1.98. The highest BCUT2D eigenvalue weighted by molar-refractivity contribution is 14.1. The molecule has 1 rings (SSSR count). The molecule has 1 aromatic carbocycles. The first-order valence-electron chi connectivity index (χ1n) is 3.23. The number of benzene rings is 1. The number of carboxylic acids is 1. The smallest absolute Gasteiger partial charge is 0.300 e. The summed E-state index contributed by atoms with van der Waals surface area (Å²) >= 11 is 1.92. The highest BCUT2D eigenvalue weighted by atomic mass is 127. The Bertz CT molecular complexity index is 298. The fourth-order valence-electron chi connectivity index (χ4n) is 0.470. The highest BCUT2D eigenvalue weighted by Crippen LogP contribution is 2.09. The average Bonchev–Trinajstić information content (AvgIpc) is 1.96. The van der Waals surface area contributed by atoms with Crippen molar-refractivity contribution in [1.82, 2.24) is 0 Å². The van der Waals surface area contributed by atoms with Crippen molar-refractivity contribution in [3.63, 3.8) is 0 Å². The Kier molecular flexibility index (Phi) is 5.52. The van der Waals surface area contributed by atoms with E-state index in [2.05, 4.69) is 0 Å². The van der Waals surface area contributed by atoms with Crippen LogP contribution in [0, 0.1) is 15.2 Å². The summed E-state index contributed by atoms with van der Waals surface area (Å²) in [5, 5.41) is 7.42. The molecule has 0 heterocycles. The Balaban J connectivity index is 0.000000310. The van der Waals surface area contributed by atoms with Crippen LogP contribution >= 0.6 is 22.6 Å². The molecule has 72 valence electrons. The lowest BCUT2D eigenvalue weighted by atomic mass is 10.3. The van der Waals surface area contributed by atoms with Gasteiger partial charge in [0.05, 0.1) is 0 Å². The maximum Gasteiger partial charge on any atom is 0.300 e. The zero-order chi connectivity index (χ0) is 10.4. The van der Waals surface area contributed by atoms with Crippen molar-refractivity contribution in [2.24, 2.45) is 0 Å². The summed E-state index contributed by atoms with van der Waals surface area (Å²) in [7, 11) is 0. The van der Waals surface area contributed by atoms with E-state index in [9.17, 15) is 8.78 Å². The third-order valence-corrected chi connectivity index (χ3v) is 1.55. The lowest BCUT2D eigenvalue weighted by Gasteiger charge is -1.90. The molecule has 0 saturated carbocycles. The number of rotatable bonds is 0. The van der Waals surface area contributed by atoms with Crippen molar-refractivity contribution < 1.29 is 18.7 Å². The lowest BCUT2D eigenvalue weighted by Crippen LogP contribution is -1.82. The van der Waals surface area contributed by atoms with E-state index in [1.165, 1.54) is 6.07 Å². The second-order valence-electron chi connectivity index (χ2n) is 2.08. The predicted octanol–water partition coefficient (Wildman–Crippen LogP) is 2.66. The average molecular weight is 300 g/mol. The van der Waals surface area contributed by atoms with Gasteiger partial charge in [0.25, 0.3) is 5.97 Å². The molecule has 0 atom stereocenters. The Morgan fingerprint density at radius 2 is 1.85 bits per heavy atom.